The summed E-state index contributed by atoms with van der Waals surface area (Å²) < 4.78 is 58.3. The standard InChI is InChI=1S/C19H19ClF2N2O4S/c1-13(24-19(25)11-28-15-6-7-16(20)18(22)10-15)8-9-23-29(26,27)12-14-4-2-3-5-17(14)21/h2-7,10,23H,1,8-9,11-12H2,(H,24,25). The second-order valence-electron chi connectivity index (χ2n) is 6.01. The molecule has 0 aliphatic rings. The first-order chi connectivity index (χ1) is 13.7. The van der Waals surface area contributed by atoms with Crippen molar-refractivity contribution in [3.8, 4) is 5.75 Å². The molecule has 0 bridgehead atoms. The molecule has 10 heteroatoms. The van der Waals surface area contributed by atoms with Gasteiger partial charge in [0.1, 0.15) is 17.4 Å². The lowest BCUT2D eigenvalue weighted by atomic mass is 10.2. The summed E-state index contributed by atoms with van der Waals surface area (Å²) in [7, 11) is -3.75. The summed E-state index contributed by atoms with van der Waals surface area (Å²) in [5.74, 6) is -2.18. The lowest BCUT2D eigenvalue weighted by molar-refractivity contribution is -0.122. The molecule has 0 atom stereocenters. The van der Waals surface area contributed by atoms with Gasteiger partial charge in [0.2, 0.25) is 10.0 Å². The van der Waals surface area contributed by atoms with Gasteiger partial charge in [-0.05, 0) is 18.2 Å². The summed E-state index contributed by atoms with van der Waals surface area (Å²) in [5, 5.41) is 2.39. The van der Waals surface area contributed by atoms with Gasteiger partial charge in [0, 0.05) is 30.3 Å². The second kappa shape index (κ2) is 10.3. The normalized spacial score (nSPS) is 11.1. The lowest BCUT2D eigenvalue weighted by Crippen LogP contribution is -2.31. The summed E-state index contributed by atoms with van der Waals surface area (Å²) in [6.07, 6.45) is 0.123. The maximum atomic E-state index is 13.6. The van der Waals surface area contributed by atoms with Crippen LogP contribution in [0.3, 0.4) is 0 Å². The molecular weight excluding hydrogens is 426 g/mol. The average molecular weight is 445 g/mol. The highest BCUT2D eigenvalue weighted by molar-refractivity contribution is 7.88. The molecule has 0 spiro atoms. The van der Waals surface area contributed by atoms with Crippen LogP contribution in [0.15, 0.2) is 54.7 Å². The van der Waals surface area contributed by atoms with Gasteiger partial charge in [0.05, 0.1) is 10.8 Å². The Bertz CT molecular complexity index is 999. The number of carbonyl (C=O) groups excluding carboxylic acids is 1. The van der Waals surface area contributed by atoms with E-state index in [-0.39, 0.29) is 41.6 Å². The summed E-state index contributed by atoms with van der Waals surface area (Å²) in [5.41, 5.74) is 0.317. The van der Waals surface area contributed by atoms with E-state index in [1.54, 1.807) is 6.07 Å². The molecule has 2 aromatic carbocycles. The highest BCUT2D eigenvalue weighted by Crippen LogP contribution is 2.20. The number of carbonyl (C=O) groups is 1. The molecule has 0 aromatic heterocycles. The Morgan fingerprint density at radius 1 is 1.14 bits per heavy atom. The van der Waals surface area contributed by atoms with Crippen molar-refractivity contribution in [1.82, 2.24) is 10.0 Å². The zero-order valence-corrected chi connectivity index (χ0v) is 16.8. The van der Waals surface area contributed by atoms with E-state index in [1.165, 1.54) is 30.3 Å². The number of halogens is 3. The van der Waals surface area contributed by atoms with E-state index in [2.05, 4.69) is 16.6 Å². The van der Waals surface area contributed by atoms with E-state index in [1.807, 2.05) is 0 Å². The third-order valence-corrected chi connectivity index (χ3v) is 5.27. The van der Waals surface area contributed by atoms with E-state index in [0.29, 0.717) is 0 Å². The van der Waals surface area contributed by atoms with E-state index >= 15 is 0 Å². The molecule has 0 aliphatic carbocycles. The number of amides is 1. The number of sulfonamides is 1. The third kappa shape index (κ3) is 7.80. The first-order valence-electron chi connectivity index (χ1n) is 8.42. The molecule has 0 unspecified atom stereocenters. The quantitative estimate of drug-likeness (QED) is 0.589. The minimum atomic E-state index is -3.75. The van der Waals surface area contributed by atoms with Gasteiger partial charge in [0.25, 0.3) is 5.91 Å². The fraction of sp³-hybridized carbons (Fsp3) is 0.211. The van der Waals surface area contributed by atoms with E-state index in [4.69, 9.17) is 16.3 Å². The van der Waals surface area contributed by atoms with Gasteiger partial charge in [-0.15, -0.1) is 0 Å². The monoisotopic (exact) mass is 444 g/mol. The Labute approximate surface area is 172 Å². The molecule has 2 aromatic rings. The van der Waals surface area contributed by atoms with Crippen LogP contribution < -0.4 is 14.8 Å². The third-order valence-electron chi connectivity index (χ3n) is 3.63. The number of hydrogen-bond acceptors (Lipinski definition) is 4. The van der Waals surface area contributed by atoms with Crippen LogP contribution in [0.1, 0.15) is 12.0 Å². The van der Waals surface area contributed by atoms with Gasteiger partial charge in [-0.2, -0.15) is 0 Å². The molecule has 0 heterocycles. The molecule has 0 aliphatic heterocycles. The number of hydrogen-bond donors (Lipinski definition) is 2. The molecule has 6 nitrogen and oxygen atoms in total. The molecule has 29 heavy (non-hydrogen) atoms. The average Bonchev–Trinajstić information content (AvgIpc) is 2.64. The SMILES string of the molecule is C=C(CCNS(=O)(=O)Cc1ccccc1F)NC(=O)COc1ccc(Cl)c(F)c1. The lowest BCUT2D eigenvalue weighted by Gasteiger charge is -2.11. The smallest absolute Gasteiger partial charge is 0.262 e. The summed E-state index contributed by atoms with van der Waals surface area (Å²) >= 11 is 5.56. The molecule has 0 fully saturated rings. The van der Waals surface area contributed by atoms with Crippen molar-refractivity contribution >= 4 is 27.5 Å². The minimum Gasteiger partial charge on any atom is -0.484 e. The number of rotatable bonds is 10. The predicted molar refractivity (Wildman–Crippen MR) is 106 cm³/mol. The van der Waals surface area contributed by atoms with E-state index in [0.717, 1.165) is 6.07 Å². The van der Waals surface area contributed by atoms with Crippen LogP contribution in [0.4, 0.5) is 8.78 Å². The van der Waals surface area contributed by atoms with E-state index in [9.17, 15) is 22.0 Å². The molecule has 2 N–H and O–H groups in total. The molecule has 156 valence electrons. The van der Waals surface area contributed by atoms with Gasteiger partial charge in [-0.3, -0.25) is 4.79 Å². The minimum absolute atomic E-state index is 0.0286. The van der Waals surface area contributed by atoms with Crippen LogP contribution in [0, 0.1) is 11.6 Å². The zero-order chi connectivity index (χ0) is 21.4. The van der Waals surface area contributed by atoms with Crippen LogP contribution >= 0.6 is 11.6 Å². The second-order valence-corrected chi connectivity index (χ2v) is 8.23. The largest absolute Gasteiger partial charge is 0.484 e. The molecular formula is C19H19ClF2N2O4S. The van der Waals surface area contributed by atoms with Gasteiger partial charge in [-0.25, -0.2) is 21.9 Å². The Morgan fingerprint density at radius 3 is 2.55 bits per heavy atom. The number of ether oxygens (including phenoxy) is 1. The van der Waals surface area contributed by atoms with Crippen LogP contribution in [0.5, 0.6) is 5.75 Å². The van der Waals surface area contributed by atoms with Crippen molar-refractivity contribution in [3.05, 3.63) is 77.0 Å². The van der Waals surface area contributed by atoms with Crippen LogP contribution in [-0.4, -0.2) is 27.5 Å². The van der Waals surface area contributed by atoms with Crippen molar-refractivity contribution in [2.24, 2.45) is 0 Å². The summed E-state index contributed by atoms with van der Waals surface area (Å²) in [4.78, 5) is 11.8. The first kappa shape index (κ1) is 22.8. The Balaban J connectivity index is 1.72. The summed E-state index contributed by atoms with van der Waals surface area (Å²) in [6.45, 7) is 3.21. The topological polar surface area (TPSA) is 84.5 Å². The van der Waals surface area contributed by atoms with Gasteiger partial charge in [-0.1, -0.05) is 36.4 Å². The highest BCUT2D eigenvalue weighted by atomic mass is 35.5. The molecule has 0 radical (unpaired) electrons. The Hall–Kier alpha value is -2.49. The predicted octanol–water partition coefficient (Wildman–Crippen LogP) is 3.14. The zero-order valence-electron chi connectivity index (χ0n) is 15.3. The highest BCUT2D eigenvalue weighted by Gasteiger charge is 2.14. The van der Waals surface area contributed by atoms with Crippen molar-refractivity contribution in [1.29, 1.82) is 0 Å². The van der Waals surface area contributed by atoms with Crippen molar-refractivity contribution in [2.75, 3.05) is 13.2 Å². The Kier molecular flexibility index (Phi) is 8.12. The number of benzene rings is 2. The first-order valence-corrected chi connectivity index (χ1v) is 10.5. The molecule has 1 amide bonds. The molecule has 0 saturated carbocycles. The fourth-order valence-electron chi connectivity index (χ4n) is 2.24. The maximum absolute atomic E-state index is 13.6. The van der Waals surface area contributed by atoms with Crippen molar-refractivity contribution in [2.45, 2.75) is 12.2 Å². The maximum Gasteiger partial charge on any atom is 0.262 e. The van der Waals surface area contributed by atoms with Crippen LogP contribution in [0.25, 0.3) is 0 Å². The fourth-order valence-corrected chi connectivity index (χ4v) is 3.52. The Morgan fingerprint density at radius 2 is 1.86 bits per heavy atom. The molecule has 2 rings (SSSR count). The van der Waals surface area contributed by atoms with Crippen molar-refractivity contribution in [3.63, 3.8) is 0 Å². The van der Waals surface area contributed by atoms with Gasteiger partial charge in [0.15, 0.2) is 6.61 Å². The van der Waals surface area contributed by atoms with Crippen LogP contribution in [-0.2, 0) is 20.6 Å². The van der Waals surface area contributed by atoms with Gasteiger partial charge < -0.3 is 10.1 Å². The van der Waals surface area contributed by atoms with Gasteiger partial charge >= 0.3 is 0 Å². The van der Waals surface area contributed by atoms with E-state index < -0.39 is 33.3 Å². The van der Waals surface area contributed by atoms with Crippen LogP contribution in [0.2, 0.25) is 5.02 Å². The molecule has 0 saturated heterocycles. The summed E-state index contributed by atoms with van der Waals surface area (Å²) in [6, 6.07) is 9.36. The number of nitrogens with one attached hydrogen (secondary N) is 2. The van der Waals surface area contributed by atoms with Crippen molar-refractivity contribution < 1.29 is 26.7 Å².